The quantitative estimate of drug-likeness (QED) is 0.365. The highest BCUT2D eigenvalue weighted by Gasteiger charge is 2.14. The lowest BCUT2D eigenvalue weighted by Gasteiger charge is -2.09. The highest BCUT2D eigenvalue weighted by molar-refractivity contribution is 9.10. The molecule has 0 unspecified atom stereocenters. The van der Waals surface area contributed by atoms with Gasteiger partial charge in [0.1, 0.15) is 11.6 Å². The molecule has 8 heteroatoms. The number of thioether (sulfide) groups is 1. The smallest absolute Gasteiger partial charge is 0.234 e. The van der Waals surface area contributed by atoms with E-state index in [1.807, 2.05) is 53.1 Å². The first kappa shape index (κ1) is 21.1. The van der Waals surface area contributed by atoms with Crippen LogP contribution in [0.5, 0.6) is 5.75 Å². The first-order valence-electron chi connectivity index (χ1n) is 8.93. The normalized spacial score (nSPS) is 10.6. The van der Waals surface area contributed by atoms with Crippen molar-refractivity contribution in [1.82, 2.24) is 14.8 Å². The maximum Gasteiger partial charge on any atom is 0.234 e. The third-order valence-corrected chi connectivity index (χ3v) is 5.58. The molecule has 1 heterocycles. The van der Waals surface area contributed by atoms with E-state index in [0.717, 1.165) is 27.3 Å². The number of nitrogens with zero attached hydrogens (tertiary/aromatic N) is 3. The lowest BCUT2D eigenvalue weighted by atomic mass is 10.1. The van der Waals surface area contributed by atoms with Crippen molar-refractivity contribution in [2.45, 2.75) is 18.1 Å². The average Bonchev–Trinajstić information content (AvgIpc) is 3.10. The molecule has 0 aliphatic carbocycles. The number of nitrogens with one attached hydrogen (secondary N) is 1. The number of carbonyl (C=O) groups is 1. The molecule has 0 bridgehead atoms. The highest BCUT2D eigenvalue weighted by Crippen LogP contribution is 2.21. The number of hydrogen-bond donors (Lipinski definition) is 1. The second-order valence-corrected chi connectivity index (χ2v) is 8.02. The van der Waals surface area contributed by atoms with Crippen LogP contribution in [0.15, 0.2) is 70.8 Å². The monoisotopic (exact) mass is 472 g/mol. The number of methoxy groups -OCH3 is 1. The number of aromatic nitrogens is 3. The molecule has 2 aromatic carbocycles. The number of anilines is 1. The van der Waals surface area contributed by atoms with Crippen LogP contribution < -0.4 is 10.1 Å². The van der Waals surface area contributed by atoms with E-state index in [-0.39, 0.29) is 11.7 Å². The zero-order chi connectivity index (χ0) is 20.6. The van der Waals surface area contributed by atoms with Crippen LogP contribution in [0.2, 0.25) is 0 Å². The number of carbonyl (C=O) groups excluding carboxylic acids is 1. The molecule has 0 atom stereocenters. The first-order valence-corrected chi connectivity index (χ1v) is 10.7. The summed E-state index contributed by atoms with van der Waals surface area (Å²) in [5.41, 5.74) is 1.86. The van der Waals surface area contributed by atoms with Crippen molar-refractivity contribution in [3.8, 4) is 5.75 Å². The molecule has 0 spiro atoms. The fourth-order valence-electron chi connectivity index (χ4n) is 2.66. The molecule has 0 radical (unpaired) electrons. The molecule has 29 heavy (non-hydrogen) atoms. The lowest BCUT2D eigenvalue weighted by Crippen LogP contribution is -2.14. The van der Waals surface area contributed by atoms with Gasteiger partial charge in [-0.1, -0.05) is 45.9 Å². The SMILES string of the molecule is C=CCn1c(Cc2ccc(OC)cc2)nnc1SCC(=O)Nc1ccc(Br)cc1. The number of allylic oxidation sites excluding steroid dienone is 1. The molecule has 0 aliphatic heterocycles. The molecule has 6 nitrogen and oxygen atoms in total. The van der Waals surface area contributed by atoms with Gasteiger partial charge in [-0.15, -0.1) is 16.8 Å². The maximum absolute atomic E-state index is 12.3. The Morgan fingerprint density at radius 2 is 1.93 bits per heavy atom. The van der Waals surface area contributed by atoms with E-state index in [0.29, 0.717) is 18.1 Å². The number of amides is 1. The molecule has 3 rings (SSSR count). The first-order chi connectivity index (χ1) is 14.1. The van der Waals surface area contributed by atoms with Crippen molar-refractivity contribution in [2.24, 2.45) is 0 Å². The summed E-state index contributed by atoms with van der Waals surface area (Å²) in [5, 5.41) is 12.2. The van der Waals surface area contributed by atoms with Gasteiger partial charge in [0.05, 0.1) is 12.9 Å². The number of hydrogen-bond acceptors (Lipinski definition) is 5. The topological polar surface area (TPSA) is 69.0 Å². The van der Waals surface area contributed by atoms with Crippen molar-refractivity contribution < 1.29 is 9.53 Å². The van der Waals surface area contributed by atoms with Crippen molar-refractivity contribution in [3.05, 3.63) is 77.0 Å². The summed E-state index contributed by atoms with van der Waals surface area (Å²) in [5.74, 6) is 1.79. The predicted octanol–water partition coefficient (Wildman–Crippen LogP) is 4.56. The minimum atomic E-state index is -0.0952. The summed E-state index contributed by atoms with van der Waals surface area (Å²) in [6.07, 6.45) is 2.43. The van der Waals surface area contributed by atoms with Crippen molar-refractivity contribution in [2.75, 3.05) is 18.2 Å². The van der Waals surface area contributed by atoms with Gasteiger partial charge in [-0.3, -0.25) is 4.79 Å². The molecule has 0 saturated carbocycles. The Hall–Kier alpha value is -2.58. The Morgan fingerprint density at radius 1 is 1.21 bits per heavy atom. The number of ether oxygens (including phenoxy) is 1. The molecule has 3 aromatic rings. The molecule has 1 aromatic heterocycles. The van der Waals surface area contributed by atoms with Crippen LogP contribution in [0.25, 0.3) is 0 Å². The molecule has 0 aliphatic rings. The third-order valence-electron chi connectivity index (χ3n) is 4.09. The number of rotatable bonds is 9. The van der Waals surface area contributed by atoms with Gasteiger partial charge in [-0.05, 0) is 42.0 Å². The second kappa shape index (κ2) is 10.3. The highest BCUT2D eigenvalue weighted by atomic mass is 79.9. The molecule has 0 saturated heterocycles. The molecule has 1 amide bonds. The van der Waals surface area contributed by atoms with E-state index >= 15 is 0 Å². The third kappa shape index (κ3) is 5.95. The van der Waals surface area contributed by atoms with E-state index < -0.39 is 0 Å². The van der Waals surface area contributed by atoms with Crippen LogP contribution >= 0.6 is 27.7 Å². The van der Waals surface area contributed by atoms with Gasteiger partial charge >= 0.3 is 0 Å². The van der Waals surface area contributed by atoms with Crippen molar-refractivity contribution in [3.63, 3.8) is 0 Å². The standard InChI is InChI=1S/C21H21BrN4O2S/c1-3-12-26-19(13-15-4-10-18(28-2)11-5-15)24-25-21(26)29-14-20(27)23-17-8-6-16(22)7-9-17/h3-11H,1,12-14H2,2H3,(H,23,27). The molecule has 1 N–H and O–H groups in total. The summed E-state index contributed by atoms with van der Waals surface area (Å²) >= 11 is 4.73. The van der Waals surface area contributed by atoms with Gasteiger partial charge in [0.25, 0.3) is 0 Å². The lowest BCUT2D eigenvalue weighted by molar-refractivity contribution is -0.113. The van der Waals surface area contributed by atoms with Crippen LogP contribution in [-0.2, 0) is 17.8 Å². The molecular weight excluding hydrogens is 452 g/mol. The average molecular weight is 473 g/mol. The summed E-state index contributed by atoms with van der Waals surface area (Å²) in [6.45, 7) is 4.40. The van der Waals surface area contributed by atoms with Gasteiger partial charge in [0, 0.05) is 23.1 Å². The van der Waals surface area contributed by atoms with Gasteiger partial charge in [-0.25, -0.2) is 0 Å². The molecule has 0 fully saturated rings. The molecular formula is C21H21BrN4O2S. The second-order valence-electron chi connectivity index (χ2n) is 6.17. The van der Waals surface area contributed by atoms with Crippen LogP contribution in [0.4, 0.5) is 5.69 Å². The van der Waals surface area contributed by atoms with E-state index in [1.54, 1.807) is 13.2 Å². The fourth-order valence-corrected chi connectivity index (χ4v) is 3.69. The number of benzene rings is 2. The van der Waals surface area contributed by atoms with E-state index in [1.165, 1.54) is 11.8 Å². The van der Waals surface area contributed by atoms with Crippen LogP contribution in [0, 0.1) is 0 Å². The summed E-state index contributed by atoms with van der Waals surface area (Å²) in [7, 11) is 1.64. The minimum Gasteiger partial charge on any atom is -0.497 e. The minimum absolute atomic E-state index is 0.0952. The van der Waals surface area contributed by atoms with Crippen molar-refractivity contribution in [1.29, 1.82) is 0 Å². The Balaban J connectivity index is 1.64. The van der Waals surface area contributed by atoms with Gasteiger partial charge in [0.15, 0.2) is 5.16 Å². The fraction of sp³-hybridized carbons (Fsp3) is 0.190. The Labute approximate surface area is 182 Å². The largest absolute Gasteiger partial charge is 0.497 e. The van der Waals surface area contributed by atoms with Gasteiger partial charge in [0.2, 0.25) is 5.91 Å². The Kier molecular flexibility index (Phi) is 7.48. The summed E-state index contributed by atoms with van der Waals surface area (Å²) in [6, 6.07) is 15.3. The zero-order valence-corrected chi connectivity index (χ0v) is 18.4. The van der Waals surface area contributed by atoms with E-state index in [2.05, 4.69) is 38.0 Å². The maximum atomic E-state index is 12.3. The summed E-state index contributed by atoms with van der Waals surface area (Å²) < 4.78 is 8.14. The van der Waals surface area contributed by atoms with E-state index in [9.17, 15) is 4.79 Å². The van der Waals surface area contributed by atoms with Crippen LogP contribution in [0.1, 0.15) is 11.4 Å². The summed E-state index contributed by atoms with van der Waals surface area (Å²) in [4.78, 5) is 12.3. The number of halogens is 1. The Bertz CT molecular complexity index is 971. The van der Waals surface area contributed by atoms with Gasteiger partial charge in [-0.2, -0.15) is 0 Å². The van der Waals surface area contributed by atoms with Crippen LogP contribution in [0.3, 0.4) is 0 Å². The van der Waals surface area contributed by atoms with Crippen LogP contribution in [-0.4, -0.2) is 33.5 Å². The Morgan fingerprint density at radius 3 is 2.59 bits per heavy atom. The predicted molar refractivity (Wildman–Crippen MR) is 120 cm³/mol. The zero-order valence-electron chi connectivity index (χ0n) is 16.0. The molecule has 150 valence electrons. The van der Waals surface area contributed by atoms with Crippen molar-refractivity contribution >= 4 is 39.3 Å². The van der Waals surface area contributed by atoms with E-state index in [4.69, 9.17) is 4.74 Å². The van der Waals surface area contributed by atoms with Gasteiger partial charge < -0.3 is 14.6 Å².